The lowest BCUT2D eigenvalue weighted by atomic mass is 10.1. The van der Waals surface area contributed by atoms with Gasteiger partial charge in [-0.15, -0.1) is 0 Å². The Morgan fingerprint density at radius 1 is 1.13 bits per heavy atom. The molecule has 0 aromatic heterocycles. The lowest BCUT2D eigenvalue weighted by molar-refractivity contribution is -0.134. The van der Waals surface area contributed by atoms with Crippen LogP contribution in [0.4, 0.5) is 5.69 Å². The molecule has 2 aromatic rings. The highest BCUT2D eigenvalue weighted by Crippen LogP contribution is 2.27. The minimum absolute atomic E-state index is 0. The highest BCUT2D eigenvalue weighted by atomic mass is 16.5. The molecular formula is C22H36N4O4. The fraction of sp³-hybridized carbons (Fsp3) is 0.227. The summed E-state index contributed by atoms with van der Waals surface area (Å²) in [6.07, 6.45) is 2.63. The van der Waals surface area contributed by atoms with Gasteiger partial charge in [0.05, 0.1) is 19.8 Å². The fourth-order valence-corrected chi connectivity index (χ4v) is 1.79. The minimum atomic E-state index is -0.833. The molecule has 0 aliphatic heterocycles. The number of nitrogen functional groups attached to an aromatic ring is 1. The van der Waals surface area contributed by atoms with Crippen LogP contribution in [0.2, 0.25) is 0 Å². The van der Waals surface area contributed by atoms with E-state index in [-0.39, 0.29) is 7.43 Å². The lowest BCUT2D eigenvalue weighted by Gasteiger charge is -2.10. The van der Waals surface area contributed by atoms with Crippen LogP contribution in [0.25, 0.3) is 5.76 Å². The third-order valence-corrected chi connectivity index (χ3v) is 2.94. The van der Waals surface area contributed by atoms with Gasteiger partial charge in [0.1, 0.15) is 11.5 Å². The first-order valence-electron chi connectivity index (χ1n) is 8.47. The fourth-order valence-electron chi connectivity index (χ4n) is 1.79. The van der Waals surface area contributed by atoms with Crippen molar-refractivity contribution in [1.82, 2.24) is 0 Å². The van der Waals surface area contributed by atoms with E-state index in [9.17, 15) is 0 Å². The Hall–Kier alpha value is -3.65. The summed E-state index contributed by atoms with van der Waals surface area (Å²) in [5.74, 6) is 0.366. The van der Waals surface area contributed by atoms with Crippen molar-refractivity contribution in [3.63, 3.8) is 0 Å². The van der Waals surface area contributed by atoms with E-state index >= 15 is 0 Å². The topological polar surface area (TPSA) is 160 Å². The number of benzene rings is 2. The molecule has 0 heterocycles. The molecule has 0 atom stereocenters. The first-order valence-corrected chi connectivity index (χ1v) is 8.47. The number of hydrogen-bond donors (Lipinski definition) is 5. The largest absolute Gasteiger partial charge is 0.496 e. The zero-order chi connectivity index (χ0) is 22.7. The standard InChI is InChI=1S/C10H14N2O2.C7H9N.C2H5N.C2H4O2.CH4/c1-13-9-5-7(12)3-4-8(9)10(6-11)14-2;8-6-7-4-2-1-3-5-7;1-2-3;1-2(3)4;/h3-6H,11-12H2,1-2H3;1-5H,6,8H2;2H,1,3H2;1H3,(H,3,4);1H4/b10-6-;;;;. The zero-order valence-corrected chi connectivity index (χ0v) is 17.2. The predicted molar refractivity (Wildman–Crippen MR) is 125 cm³/mol. The quantitative estimate of drug-likeness (QED) is 0.372. The summed E-state index contributed by atoms with van der Waals surface area (Å²) in [7, 11) is 3.12. The van der Waals surface area contributed by atoms with Crippen molar-refractivity contribution in [3.8, 4) is 5.75 Å². The van der Waals surface area contributed by atoms with Crippen LogP contribution < -0.4 is 27.7 Å². The third kappa shape index (κ3) is 15.4. The van der Waals surface area contributed by atoms with Gasteiger partial charge in [-0.25, -0.2) is 0 Å². The molecule has 2 aromatic carbocycles. The molecule has 2 rings (SSSR count). The van der Waals surface area contributed by atoms with Crippen LogP contribution in [0.3, 0.4) is 0 Å². The lowest BCUT2D eigenvalue weighted by Crippen LogP contribution is -1.97. The van der Waals surface area contributed by atoms with E-state index in [1.807, 2.05) is 30.3 Å². The number of ether oxygens (including phenoxy) is 2. The first-order chi connectivity index (χ1) is 13.8. The predicted octanol–water partition coefficient (Wildman–Crippen LogP) is 3.14. The molecule has 0 aliphatic rings. The van der Waals surface area contributed by atoms with Crippen molar-refractivity contribution < 1.29 is 19.4 Å². The van der Waals surface area contributed by atoms with Crippen LogP contribution >= 0.6 is 0 Å². The number of aliphatic carboxylic acids is 1. The van der Waals surface area contributed by atoms with Gasteiger partial charge in [-0.2, -0.15) is 0 Å². The molecule has 9 N–H and O–H groups in total. The van der Waals surface area contributed by atoms with Gasteiger partial charge in [-0.3, -0.25) is 4.79 Å². The molecule has 0 spiro atoms. The van der Waals surface area contributed by atoms with Gasteiger partial charge in [0.15, 0.2) is 0 Å². The van der Waals surface area contributed by atoms with E-state index in [0.717, 1.165) is 12.5 Å². The number of rotatable bonds is 4. The maximum absolute atomic E-state index is 9.00. The van der Waals surface area contributed by atoms with Crippen LogP contribution in [-0.2, 0) is 16.1 Å². The molecule has 0 amide bonds. The number of carboxylic acids is 1. The molecule has 0 bridgehead atoms. The van der Waals surface area contributed by atoms with Gasteiger partial charge < -0.3 is 37.5 Å². The molecule has 0 saturated carbocycles. The summed E-state index contributed by atoms with van der Waals surface area (Å²) in [6, 6.07) is 15.3. The average molecular weight is 421 g/mol. The van der Waals surface area contributed by atoms with Crippen molar-refractivity contribution >= 4 is 17.4 Å². The second kappa shape index (κ2) is 20.1. The van der Waals surface area contributed by atoms with Gasteiger partial charge in [0, 0.05) is 31.4 Å². The van der Waals surface area contributed by atoms with Crippen molar-refractivity contribution in [2.24, 2.45) is 17.2 Å². The van der Waals surface area contributed by atoms with Crippen LogP contribution in [-0.4, -0.2) is 25.3 Å². The SMILES string of the molecule is C.C=CN.CC(=O)O.CO/C(=C\N)c1ccc(N)cc1OC.NCc1ccccc1. The molecule has 0 aliphatic carbocycles. The number of nitrogens with two attached hydrogens (primary N) is 4. The van der Waals surface area contributed by atoms with Gasteiger partial charge in [0.25, 0.3) is 5.97 Å². The number of methoxy groups -OCH3 is 2. The van der Waals surface area contributed by atoms with Crippen molar-refractivity contribution in [3.05, 3.63) is 78.6 Å². The summed E-state index contributed by atoms with van der Waals surface area (Å²) in [6.45, 7) is 4.86. The molecule has 168 valence electrons. The van der Waals surface area contributed by atoms with E-state index in [1.54, 1.807) is 32.4 Å². The number of carboxylic acid groups (broad SMARTS) is 1. The normalized spacial score (nSPS) is 8.87. The maximum atomic E-state index is 9.00. The Morgan fingerprint density at radius 3 is 1.97 bits per heavy atom. The summed E-state index contributed by atoms with van der Waals surface area (Å²) >= 11 is 0. The second-order valence-electron chi connectivity index (χ2n) is 5.14. The Kier molecular flexibility index (Phi) is 20.8. The summed E-state index contributed by atoms with van der Waals surface area (Å²) in [5.41, 5.74) is 23.6. The average Bonchev–Trinajstić information content (AvgIpc) is 2.71. The highest BCUT2D eigenvalue weighted by Gasteiger charge is 2.08. The van der Waals surface area contributed by atoms with Crippen LogP contribution in [0.5, 0.6) is 5.75 Å². The molecule has 30 heavy (non-hydrogen) atoms. The number of carbonyl (C=O) groups is 1. The Morgan fingerprint density at radius 2 is 1.63 bits per heavy atom. The summed E-state index contributed by atoms with van der Waals surface area (Å²) in [4.78, 5) is 9.00. The Labute approximate surface area is 179 Å². The first kappa shape index (κ1) is 31.1. The molecule has 8 nitrogen and oxygen atoms in total. The van der Waals surface area contributed by atoms with E-state index in [1.165, 1.54) is 18.0 Å². The molecule has 0 saturated heterocycles. The van der Waals surface area contributed by atoms with E-state index in [2.05, 4.69) is 12.3 Å². The van der Waals surface area contributed by atoms with Crippen LogP contribution in [0.15, 0.2) is 67.5 Å². The van der Waals surface area contributed by atoms with Crippen molar-refractivity contribution in [2.75, 3.05) is 20.0 Å². The Bertz CT molecular complexity index is 731. The number of hydrogen-bond acceptors (Lipinski definition) is 7. The molecule has 0 unspecified atom stereocenters. The van der Waals surface area contributed by atoms with E-state index in [0.29, 0.717) is 23.7 Å². The zero-order valence-electron chi connectivity index (χ0n) is 17.2. The van der Waals surface area contributed by atoms with Gasteiger partial charge >= 0.3 is 0 Å². The Balaban J connectivity index is -0.000000386. The van der Waals surface area contributed by atoms with Crippen molar-refractivity contribution in [2.45, 2.75) is 20.9 Å². The molecular weight excluding hydrogens is 384 g/mol. The van der Waals surface area contributed by atoms with Gasteiger partial charge in [0.2, 0.25) is 0 Å². The minimum Gasteiger partial charge on any atom is -0.496 e. The smallest absolute Gasteiger partial charge is 0.300 e. The maximum Gasteiger partial charge on any atom is 0.300 e. The molecule has 0 radical (unpaired) electrons. The van der Waals surface area contributed by atoms with E-state index < -0.39 is 5.97 Å². The van der Waals surface area contributed by atoms with Crippen LogP contribution in [0.1, 0.15) is 25.5 Å². The highest BCUT2D eigenvalue weighted by molar-refractivity contribution is 5.68. The summed E-state index contributed by atoms with van der Waals surface area (Å²) in [5, 5.41) is 7.42. The van der Waals surface area contributed by atoms with Gasteiger partial charge in [-0.1, -0.05) is 44.3 Å². The monoisotopic (exact) mass is 420 g/mol. The van der Waals surface area contributed by atoms with Crippen molar-refractivity contribution in [1.29, 1.82) is 0 Å². The van der Waals surface area contributed by atoms with E-state index in [4.69, 9.17) is 36.6 Å². The molecule has 0 fully saturated rings. The third-order valence-electron chi connectivity index (χ3n) is 2.94. The van der Waals surface area contributed by atoms with Crippen LogP contribution in [0, 0.1) is 0 Å². The second-order valence-corrected chi connectivity index (χ2v) is 5.14. The number of anilines is 1. The van der Waals surface area contributed by atoms with Gasteiger partial charge in [-0.05, 0) is 23.9 Å². The summed E-state index contributed by atoms with van der Waals surface area (Å²) < 4.78 is 10.2. The molecule has 8 heteroatoms.